The molecule has 0 unspecified atom stereocenters. The fraction of sp³-hybridized carbons (Fsp3) is 0.375. The molecule has 0 aliphatic rings. The number of hydrogen-bond donors (Lipinski definition) is 0. The summed E-state index contributed by atoms with van der Waals surface area (Å²) in [5, 5.41) is 0.793. The molecule has 0 fully saturated rings. The van der Waals surface area contributed by atoms with Crippen LogP contribution in [0.2, 0.25) is 0 Å². The number of aromatic nitrogens is 1. The van der Waals surface area contributed by atoms with Gasteiger partial charge in [-0.15, -0.1) is 0 Å². The van der Waals surface area contributed by atoms with Crippen molar-refractivity contribution >= 4 is 23.0 Å². The standard InChI is InChI=1S/C16H19NO4/c1-10-6-7-12-11(8-10)9-13(14(18)20-5)17(12)15(19)21-16(2,3)4/h6-9H,1-5H3. The number of ether oxygens (including phenoxy) is 2. The average Bonchev–Trinajstić information content (AvgIpc) is 2.74. The van der Waals surface area contributed by atoms with E-state index in [2.05, 4.69) is 0 Å². The zero-order valence-corrected chi connectivity index (χ0v) is 12.9. The normalized spacial score (nSPS) is 11.5. The van der Waals surface area contributed by atoms with Gasteiger partial charge in [0.05, 0.1) is 12.6 Å². The van der Waals surface area contributed by atoms with Gasteiger partial charge in [0.25, 0.3) is 0 Å². The van der Waals surface area contributed by atoms with E-state index in [1.807, 2.05) is 19.1 Å². The van der Waals surface area contributed by atoms with Crippen LogP contribution in [-0.4, -0.2) is 29.3 Å². The first-order valence-corrected chi connectivity index (χ1v) is 6.67. The summed E-state index contributed by atoms with van der Waals surface area (Å²) in [5.41, 5.74) is 1.18. The quantitative estimate of drug-likeness (QED) is 0.754. The van der Waals surface area contributed by atoms with Crippen molar-refractivity contribution in [3.8, 4) is 0 Å². The van der Waals surface area contributed by atoms with Crippen molar-refractivity contribution in [2.24, 2.45) is 0 Å². The highest BCUT2D eigenvalue weighted by molar-refractivity contribution is 6.01. The van der Waals surface area contributed by atoms with Crippen molar-refractivity contribution < 1.29 is 19.1 Å². The molecule has 2 rings (SSSR count). The average molecular weight is 289 g/mol. The van der Waals surface area contributed by atoms with Gasteiger partial charge in [0.15, 0.2) is 0 Å². The van der Waals surface area contributed by atoms with Crippen molar-refractivity contribution in [3.05, 3.63) is 35.5 Å². The first-order chi connectivity index (χ1) is 9.73. The zero-order chi connectivity index (χ0) is 15.8. The van der Waals surface area contributed by atoms with E-state index in [-0.39, 0.29) is 5.69 Å². The summed E-state index contributed by atoms with van der Waals surface area (Å²) in [7, 11) is 1.28. The van der Waals surface area contributed by atoms with Crippen LogP contribution in [0.1, 0.15) is 36.8 Å². The van der Waals surface area contributed by atoms with Crippen LogP contribution in [0.25, 0.3) is 10.9 Å². The second-order valence-corrected chi connectivity index (χ2v) is 5.90. The molecule has 0 radical (unpaired) electrons. The molecular weight excluding hydrogens is 270 g/mol. The summed E-state index contributed by atoms with van der Waals surface area (Å²) in [4.78, 5) is 24.3. The van der Waals surface area contributed by atoms with Gasteiger partial charge in [0.2, 0.25) is 0 Å². The summed E-state index contributed by atoms with van der Waals surface area (Å²) >= 11 is 0. The largest absolute Gasteiger partial charge is 0.464 e. The number of carbonyl (C=O) groups is 2. The molecule has 1 heterocycles. The summed E-state index contributed by atoms with van der Waals surface area (Å²) < 4.78 is 11.4. The van der Waals surface area contributed by atoms with Gasteiger partial charge >= 0.3 is 12.1 Å². The van der Waals surface area contributed by atoms with Gasteiger partial charge in [-0.25, -0.2) is 14.2 Å². The lowest BCUT2D eigenvalue weighted by atomic mass is 10.2. The van der Waals surface area contributed by atoms with E-state index < -0.39 is 17.7 Å². The maximum atomic E-state index is 12.4. The molecule has 0 spiro atoms. The lowest BCUT2D eigenvalue weighted by molar-refractivity contribution is 0.0489. The van der Waals surface area contributed by atoms with E-state index in [1.165, 1.54) is 11.7 Å². The van der Waals surface area contributed by atoms with Crippen molar-refractivity contribution in [2.75, 3.05) is 7.11 Å². The van der Waals surface area contributed by atoms with Crippen LogP contribution >= 0.6 is 0 Å². The van der Waals surface area contributed by atoms with Crippen LogP contribution in [0.4, 0.5) is 4.79 Å². The number of esters is 1. The fourth-order valence-corrected chi connectivity index (χ4v) is 2.09. The summed E-state index contributed by atoms with van der Waals surface area (Å²) in [6.45, 7) is 7.28. The molecule has 1 aromatic heterocycles. The summed E-state index contributed by atoms with van der Waals surface area (Å²) in [6, 6.07) is 7.21. The molecule has 21 heavy (non-hydrogen) atoms. The van der Waals surface area contributed by atoms with Crippen LogP contribution in [0.3, 0.4) is 0 Å². The monoisotopic (exact) mass is 289 g/mol. The van der Waals surface area contributed by atoms with Gasteiger partial charge in [-0.1, -0.05) is 11.6 Å². The molecule has 0 amide bonds. The Morgan fingerprint density at radius 1 is 1.14 bits per heavy atom. The minimum Gasteiger partial charge on any atom is -0.464 e. The minimum absolute atomic E-state index is 0.160. The zero-order valence-electron chi connectivity index (χ0n) is 12.9. The number of hydrogen-bond acceptors (Lipinski definition) is 4. The second kappa shape index (κ2) is 5.24. The third-order valence-corrected chi connectivity index (χ3v) is 2.93. The summed E-state index contributed by atoms with van der Waals surface area (Å²) in [5.74, 6) is -0.574. The lowest BCUT2D eigenvalue weighted by Gasteiger charge is -2.20. The molecule has 5 heteroatoms. The van der Waals surface area contributed by atoms with E-state index in [0.717, 1.165) is 10.9 Å². The van der Waals surface area contributed by atoms with Crippen LogP contribution in [0.15, 0.2) is 24.3 Å². The number of carbonyl (C=O) groups excluding carboxylic acids is 2. The highest BCUT2D eigenvalue weighted by atomic mass is 16.6. The highest BCUT2D eigenvalue weighted by Gasteiger charge is 2.25. The van der Waals surface area contributed by atoms with Crippen LogP contribution in [0, 0.1) is 6.92 Å². The molecule has 0 aliphatic heterocycles. The van der Waals surface area contributed by atoms with Crippen molar-refractivity contribution in [2.45, 2.75) is 33.3 Å². The van der Waals surface area contributed by atoms with Crippen molar-refractivity contribution in [1.82, 2.24) is 4.57 Å². The highest BCUT2D eigenvalue weighted by Crippen LogP contribution is 2.23. The summed E-state index contributed by atoms with van der Waals surface area (Å²) in [6.07, 6.45) is -0.596. The minimum atomic E-state index is -0.647. The van der Waals surface area contributed by atoms with Crippen molar-refractivity contribution in [1.29, 1.82) is 0 Å². The molecule has 0 N–H and O–H groups in total. The number of fused-ring (bicyclic) bond motifs is 1. The Balaban J connectivity index is 2.63. The van der Waals surface area contributed by atoms with Gasteiger partial charge in [-0.05, 0) is 45.9 Å². The Kier molecular flexibility index (Phi) is 3.77. The number of rotatable bonds is 1. The van der Waals surface area contributed by atoms with Crippen LogP contribution in [0.5, 0.6) is 0 Å². The smallest absolute Gasteiger partial charge is 0.419 e. The Morgan fingerprint density at radius 2 is 1.81 bits per heavy atom. The first kappa shape index (κ1) is 15.1. The van der Waals surface area contributed by atoms with E-state index >= 15 is 0 Å². The molecule has 0 saturated heterocycles. The first-order valence-electron chi connectivity index (χ1n) is 6.67. The number of methoxy groups -OCH3 is 1. The lowest BCUT2D eigenvalue weighted by Crippen LogP contribution is -2.29. The molecule has 112 valence electrons. The van der Waals surface area contributed by atoms with E-state index in [4.69, 9.17) is 9.47 Å². The predicted octanol–water partition coefficient (Wildman–Crippen LogP) is 3.52. The molecule has 2 aromatic rings. The number of nitrogens with zero attached hydrogens (tertiary/aromatic N) is 1. The SMILES string of the molecule is COC(=O)c1cc2cc(C)ccc2n1C(=O)OC(C)(C)C. The van der Waals surface area contributed by atoms with Crippen LogP contribution < -0.4 is 0 Å². The third-order valence-electron chi connectivity index (χ3n) is 2.93. The topological polar surface area (TPSA) is 57.5 Å². The number of benzene rings is 1. The predicted molar refractivity (Wildman–Crippen MR) is 79.6 cm³/mol. The maximum Gasteiger partial charge on any atom is 0.419 e. The van der Waals surface area contributed by atoms with Gasteiger partial charge in [-0.3, -0.25) is 0 Å². The third kappa shape index (κ3) is 3.07. The van der Waals surface area contributed by atoms with Crippen molar-refractivity contribution in [3.63, 3.8) is 0 Å². The Morgan fingerprint density at radius 3 is 2.38 bits per heavy atom. The molecule has 0 atom stereocenters. The maximum absolute atomic E-state index is 12.4. The second-order valence-electron chi connectivity index (χ2n) is 5.90. The van der Waals surface area contributed by atoms with E-state index in [0.29, 0.717) is 5.52 Å². The molecular formula is C16H19NO4. The molecule has 0 saturated carbocycles. The van der Waals surface area contributed by atoms with Gasteiger partial charge in [0.1, 0.15) is 11.3 Å². The number of aryl methyl sites for hydroxylation is 1. The Bertz CT molecular complexity index is 707. The fourth-order valence-electron chi connectivity index (χ4n) is 2.09. The Labute approximate surface area is 123 Å². The molecule has 1 aromatic carbocycles. The molecule has 0 bridgehead atoms. The van der Waals surface area contributed by atoms with E-state index in [9.17, 15) is 9.59 Å². The molecule has 5 nitrogen and oxygen atoms in total. The van der Waals surface area contributed by atoms with Gasteiger partial charge in [0, 0.05) is 5.39 Å². The van der Waals surface area contributed by atoms with Gasteiger partial charge in [-0.2, -0.15) is 0 Å². The van der Waals surface area contributed by atoms with E-state index in [1.54, 1.807) is 32.9 Å². The van der Waals surface area contributed by atoms with Gasteiger partial charge < -0.3 is 9.47 Å². The molecule has 0 aliphatic carbocycles. The Hall–Kier alpha value is -2.30. The van der Waals surface area contributed by atoms with Crippen LogP contribution in [-0.2, 0) is 9.47 Å².